The summed E-state index contributed by atoms with van der Waals surface area (Å²) in [6, 6.07) is 5.93. The van der Waals surface area contributed by atoms with Crippen molar-refractivity contribution in [2.24, 2.45) is 4.40 Å². The Morgan fingerprint density at radius 1 is 1.22 bits per heavy atom. The molecular formula is C11H13ClN2O3S. The molecule has 0 N–H and O–H groups in total. The average Bonchev–Trinajstić information content (AvgIpc) is 2.38. The topological polar surface area (TPSA) is 59.0 Å². The van der Waals surface area contributed by atoms with Crippen LogP contribution in [0.25, 0.3) is 0 Å². The van der Waals surface area contributed by atoms with E-state index in [0.717, 1.165) is 0 Å². The van der Waals surface area contributed by atoms with E-state index >= 15 is 0 Å². The molecule has 18 heavy (non-hydrogen) atoms. The van der Waals surface area contributed by atoms with Crippen LogP contribution in [0, 0.1) is 0 Å². The zero-order valence-corrected chi connectivity index (χ0v) is 11.2. The van der Waals surface area contributed by atoms with Gasteiger partial charge in [-0.2, -0.15) is 8.42 Å². The van der Waals surface area contributed by atoms with Crippen LogP contribution in [0.2, 0.25) is 5.02 Å². The van der Waals surface area contributed by atoms with Crippen LogP contribution in [0.3, 0.4) is 0 Å². The van der Waals surface area contributed by atoms with Gasteiger partial charge in [-0.15, -0.1) is 4.40 Å². The molecule has 0 radical (unpaired) electrons. The number of benzene rings is 1. The summed E-state index contributed by atoms with van der Waals surface area (Å²) in [5, 5.41) is 0.492. The summed E-state index contributed by atoms with van der Waals surface area (Å²) < 4.78 is 32.6. The molecule has 98 valence electrons. The zero-order valence-electron chi connectivity index (χ0n) is 9.62. The smallest absolute Gasteiger partial charge is 0.283 e. The lowest BCUT2D eigenvalue weighted by atomic mass is 10.4. The van der Waals surface area contributed by atoms with Gasteiger partial charge < -0.3 is 9.64 Å². The summed E-state index contributed by atoms with van der Waals surface area (Å²) >= 11 is 5.71. The van der Waals surface area contributed by atoms with Crippen LogP contribution in [-0.2, 0) is 14.8 Å². The van der Waals surface area contributed by atoms with E-state index < -0.39 is 10.0 Å². The van der Waals surface area contributed by atoms with Gasteiger partial charge in [-0.1, -0.05) is 11.6 Å². The van der Waals surface area contributed by atoms with E-state index in [0.29, 0.717) is 31.3 Å². The number of hydrogen-bond acceptors (Lipinski definition) is 3. The number of ether oxygens (including phenoxy) is 1. The first-order valence-electron chi connectivity index (χ1n) is 5.46. The van der Waals surface area contributed by atoms with Crippen molar-refractivity contribution in [3.05, 3.63) is 29.3 Å². The van der Waals surface area contributed by atoms with E-state index in [1.165, 1.54) is 30.6 Å². The predicted molar refractivity (Wildman–Crippen MR) is 69.5 cm³/mol. The Kier molecular flexibility index (Phi) is 4.21. The lowest BCUT2D eigenvalue weighted by molar-refractivity contribution is 0.0701. The van der Waals surface area contributed by atoms with Crippen molar-refractivity contribution in [2.75, 3.05) is 26.3 Å². The summed E-state index contributed by atoms with van der Waals surface area (Å²) in [6.45, 7) is 2.49. The third kappa shape index (κ3) is 3.44. The average molecular weight is 289 g/mol. The second-order valence-electron chi connectivity index (χ2n) is 3.80. The van der Waals surface area contributed by atoms with Crippen LogP contribution in [0.15, 0.2) is 33.6 Å². The molecule has 5 nitrogen and oxygen atoms in total. The minimum Gasteiger partial charge on any atom is -0.378 e. The quantitative estimate of drug-likeness (QED) is 0.623. The van der Waals surface area contributed by atoms with Gasteiger partial charge in [0.15, 0.2) is 0 Å². The fraction of sp³-hybridized carbons (Fsp3) is 0.364. The molecule has 0 aromatic heterocycles. The molecule has 1 aliphatic heterocycles. The first-order valence-corrected chi connectivity index (χ1v) is 7.27. The van der Waals surface area contributed by atoms with Gasteiger partial charge in [0.25, 0.3) is 10.0 Å². The Labute approximate surface area is 111 Å². The van der Waals surface area contributed by atoms with Crippen molar-refractivity contribution < 1.29 is 13.2 Å². The Balaban J connectivity index is 2.11. The summed E-state index contributed by atoms with van der Waals surface area (Å²) in [7, 11) is -3.65. The minimum atomic E-state index is -3.65. The lowest BCUT2D eigenvalue weighted by Gasteiger charge is -2.23. The highest BCUT2D eigenvalue weighted by Crippen LogP contribution is 2.15. The van der Waals surface area contributed by atoms with Crippen LogP contribution in [0.4, 0.5) is 0 Å². The molecule has 1 heterocycles. The van der Waals surface area contributed by atoms with E-state index in [1.54, 1.807) is 0 Å². The van der Waals surface area contributed by atoms with Crippen LogP contribution in [0.1, 0.15) is 0 Å². The van der Waals surface area contributed by atoms with Crippen molar-refractivity contribution in [3.8, 4) is 0 Å². The van der Waals surface area contributed by atoms with Gasteiger partial charge in [0, 0.05) is 18.1 Å². The van der Waals surface area contributed by atoms with Crippen LogP contribution in [0.5, 0.6) is 0 Å². The Bertz CT molecular complexity index is 522. The standard InChI is InChI=1S/C11H13ClN2O3S/c12-10-1-3-11(4-2-10)18(15,16)13-9-14-5-7-17-8-6-14/h1-4,9H,5-8H2. The van der Waals surface area contributed by atoms with Crippen molar-refractivity contribution in [1.82, 2.24) is 4.90 Å². The van der Waals surface area contributed by atoms with Crippen LogP contribution < -0.4 is 0 Å². The first kappa shape index (κ1) is 13.3. The van der Waals surface area contributed by atoms with E-state index in [2.05, 4.69) is 4.40 Å². The largest absolute Gasteiger partial charge is 0.378 e. The highest BCUT2D eigenvalue weighted by molar-refractivity contribution is 7.90. The fourth-order valence-corrected chi connectivity index (χ4v) is 2.47. The fourth-order valence-electron chi connectivity index (χ4n) is 1.49. The van der Waals surface area contributed by atoms with Gasteiger partial charge in [0.2, 0.25) is 0 Å². The molecule has 0 bridgehead atoms. The monoisotopic (exact) mass is 288 g/mol. The molecule has 0 atom stereocenters. The maximum absolute atomic E-state index is 11.9. The molecule has 1 aromatic rings. The van der Waals surface area contributed by atoms with Gasteiger partial charge in [0.1, 0.15) is 6.34 Å². The summed E-state index contributed by atoms with van der Waals surface area (Å²) in [4.78, 5) is 1.95. The maximum Gasteiger partial charge on any atom is 0.283 e. The third-order valence-electron chi connectivity index (χ3n) is 2.51. The van der Waals surface area contributed by atoms with Crippen molar-refractivity contribution >= 4 is 28.0 Å². The number of sulfonamides is 1. The van der Waals surface area contributed by atoms with Gasteiger partial charge in [-0.05, 0) is 24.3 Å². The Hall–Kier alpha value is -1.11. The lowest BCUT2D eigenvalue weighted by Crippen LogP contribution is -2.35. The molecular weight excluding hydrogens is 276 g/mol. The molecule has 0 amide bonds. The first-order chi connectivity index (χ1) is 8.58. The molecule has 1 fully saturated rings. The van der Waals surface area contributed by atoms with Crippen LogP contribution in [-0.4, -0.2) is 46.0 Å². The van der Waals surface area contributed by atoms with E-state index in [1.807, 2.05) is 4.90 Å². The molecule has 7 heteroatoms. The van der Waals surface area contributed by atoms with E-state index in [-0.39, 0.29) is 4.90 Å². The van der Waals surface area contributed by atoms with Crippen molar-refractivity contribution in [3.63, 3.8) is 0 Å². The molecule has 0 saturated carbocycles. The van der Waals surface area contributed by atoms with Crippen molar-refractivity contribution in [1.29, 1.82) is 0 Å². The van der Waals surface area contributed by atoms with Gasteiger partial charge >= 0.3 is 0 Å². The predicted octanol–water partition coefficient (Wildman–Crippen LogP) is 1.39. The second-order valence-corrected chi connectivity index (χ2v) is 5.87. The van der Waals surface area contributed by atoms with E-state index in [9.17, 15) is 8.42 Å². The summed E-state index contributed by atoms with van der Waals surface area (Å²) in [6.07, 6.45) is 1.35. The molecule has 0 unspecified atom stereocenters. The SMILES string of the molecule is O=S(=O)(N=CN1CCOCC1)c1ccc(Cl)cc1. The number of rotatable bonds is 3. The third-order valence-corrected chi connectivity index (χ3v) is 4.00. The maximum atomic E-state index is 11.9. The number of halogens is 1. The van der Waals surface area contributed by atoms with Gasteiger partial charge in [-0.25, -0.2) is 0 Å². The number of morpholine rings is 1. The van der Waals surface area contributed by atoms with Gasteiger partial charge in [0.05, 0.1) is 18.1 Å². The van der Waals surface area contributed by atoms with Crippen molar-refractivity contribution in [2.45, 2.75) is 4.90 Å². The Morgan fingerprint density at radius 2 is 1.83 bits per heavy atom. The summed E-state index contributed by atoms with van der Waals surface area (Å²) in [5.41, 5.74) is 0. The number of nitrogens with zero attached hydrogens (tertiary/aromatic N) is 2. The summed E-state index contributed by atoms with van der Waals surface area (Å²) in [5.74, 6) is 0. The van der Waals surface area contributed by atoms with E-state index in [4.69, 9.17) is 16.3 Å². The highest BCUT2D eigenvalue weighted by atomic mass is 35.5. The second kappa shape index (κ2) is 5.69. The molecule has 1 aliphatic rings. The normalized spacial score (nSPS) is 17.3. The molecule has 0 aliphatic carbocycles. The minimum absolute atomic E-state index is 0.136. The number of hydrogen-bond donors (Lipinski definition) is 0. The zero-order chi connectivity index (χ0) is 13.0. The highest BCUT2D eigenvalue weighted by Gasteiger charge is 2.13. The molecule has 1 aromatic carbocycles. The van der Waals surface area contributed by atoms with Crippen LogP contribution >= 0.6 is 11.6 Å². The Morgan fingerprint density at radius 3 is 2.44 bits per heavy atom. The van der Waals surface area contributed by atoms with Gasteiger partial charge in [-0.3, -0.25) is 0 Å². The molecule has 2 rings (SSSR count). The molecule has 1 saturated heterocycles. The molecule has 0 spiro atoms.